The van der Waals surface area contributed by atoms with E-state index in [2.05, 4.69) is 21.4 Å². The molecule has 1 aliphatic heterocycles. The number of pyridine rings is 1. The lowest BCUT2D eigenvalue weighted by molar-refractivity contribution is -0.158. The van der Waals surface area contributed by atoms with E-state index in [-0.39, 0.29) is 30.2 Å². The van der Waals surface area contributed by atoms with Gasteiger partial charge in [-0.15, -0.1) is 0 Å². The minimum atomic E-state index is -4.42. The number of carbonyl (C=O) groups is 1. The third-order valence-corrected chi connectivity index (χ3v) is 9.54. The molecule has 4 aliphatic carbocycles. The van der Waals surface area contributed by atoms with Crippen molar-refractivity contribution >= 4 is 17.6 Å². The van der Waals surface area contributed by atoms with Gasteiger partial charge >= 0.3 is 6.18 Å². The van der Waals surface area contributed by atoms with Crippen molar-refractivity contribution in [2.24, 2.45) is 33.9 Å². The van der Waals surface area contributed by atoms with Crippen molar-refractivity contribution in [3.05, 3.63) is 23.9 Å². The Morgan fingerprint density at radius 3 is 2.44 bits per heavy atom. The molecule has 39 heavy (non-hydrogen) atoms. The van der Waals surface area contributed by atoms with E-state index >= 15 is 0 Å². The van der Waals surface area contributed by atoms with Gasteiger partial charge in [0.2, 0.25) is 5.91 Å². The molecule has 3 N–H and O–H groups in total. The molecule has 2 heterocycles. The highest BCUT2D eigenvalue weighted by Crippen LogP contribution is 2.61. The number of aromatic nitrogens is 1. The summed E-state index contributed by atoms with van der Waals surface area (Å²) in [7, 11) is 1.46. The zero-order valence-corrected chi connectivity index (χ0v) is 22.4. The highest BCUT2D eigenvalue weighted by molar-refractivity contribution is 5.90. The Morgan fingerprint density at radius 1 is 1.23 bits per heavy atom. The summed E-state index contributed by atoms with van der Waals surface area (Å²) in [6, 6.07) is 4.76. The Labute approximate surface area is 226 Å². The number of rotatable bonds is 7. The quantitative estimate of drug-likeness (QED) is 0.306. The number of anilines is 1. The lowest BCUT2D eigenvalue weighted by atomic mass is 9.47. The van der Waals surface area contributed by atoms with E-state index in [1.54, 1.807) is 0 Å². The van der Waals surface area contributed by atoms with E-state index in [0.717, 1.165) is 44.4 Å². The van der Waals surface area contributed by atoms with Crippen LogP contribution < -0.4 is 16.1 Å². The zero-order valence-electron chi connectivity index (χ0n) is 22.4. The maximum atomic E-state index is 12.9. The second kappa shape index (κ2) is 10.2. The Morgan fingerprint density at radius 2 is 1.90 bits per heavy atom. The first kappa shape index (κ1) is 27.6. The molecule has 5 aliphatic rings. The van der Waals surface area contributed by atoms with Crippen LogP contribution in [0.5, 0.6) is 0 Å². The number of nitrogens with one attached hydrogen (secondary N) is 1. The fraction of sp³-hybridized carbons (Fsp3) is 0.704. The second-order valence-corrected chi connectivity index (χ2v) is 11.9. The molecule has 9 nitrogen and oxygen atoms in total. The molecule has 3 unspecified atom stereocenters. The zero-order chi connectivity index (χ0) is 28.0. The van der Waals surface area contributed by atoms with Crippen LogP contribution in [-0.4, -0.2) is 66.5 Å². The van der Waals surface area contributed by atoms with Gasteiger partial charge in [-0.2, -0.15) is 18.4 Å². The molecule has 3 atom stereocenters. The molecule has 1 aromatic rings. The van der Waals surface area contributed by atoms with Crippen LogP contribution in [-0.2, 0) is 15.8 Å². The molecular formula is C27H36F3N7O2. The third-order valence-electron chi connectivity index (χ3n) is 9.54. The Hall–Kier alpha value is -2.91. The summed E-state index contributed by atoms with van der Waals surface area (Å²) in [6.45, 7) is 4.17. The fourth-order valence-electron chi connectivity index (χ4n) is 7.68. The second-order valence-electron chi connectivity index (χ2n) is 11.9. The first-order chi connectivity index (χ1) is 18.5. The number of nitrogens with two attached hydrogens (primary N) is 1. The maximum absolute atomic E-state index is 12.9. The number of piperazine rings is 1. The molecule has 4 bridgehead atoms. The third kappa shape index (κ3) is 5.07. The molecule has 212 valence electrons. The number of amides is 1. The average molecular weight is 548 g/mol. The number of aliphatic imine (C=N–C) groups is 1. The van der Waals surface area contributed by atoms with Gasteiger partial charge in [-0.25, -0.2) is 10.5 Å². The van der Waals surface area contributed by atoms with Crippen molar-refractivity contribution < 1.29 is 22.8 Å². The van der Waals surface area contributed by atoms with E-state index in [4.69, 9.17) is 15.6 Å². The minimum absolute atomic E-state index is 0.0284. The summed E-state index contributed by atoms with van der Waals surface area (Å²) in [5, 5.41) is 9.70. The first-order valence-corrected chi connectivity index (χ1v) is 13.6. The Balaban J connectivity index is 1.29. The van der Waals surface area contributed by atoms with Gasteiger partial charge in [0.25, 0.3) is 0 Å². The summed E-state index contributed by atoms with van der Waals surface area (Å²) < 4.78 is 38.7. The molecule has 1 aromatic heterocycles. The lowest BCUT2D eigenvalue weighted by Gasteiger charge is -2.58. The van der Waals surface area contributed by atoms with Crippen LogP contribution >= 0.6 is 0 Å². The van der Waals surface area contributed by atoms with Crippen LogP contribution in [0, 0.1) is 34.5 Å². The lowest BCUT2D eigenvalue weighted by Crippen LogP contribution is -2.62. The van der Waals surface area contributed by atoms with Crippen molar-refractivity contribution in [3.63, 3.8) is 0 Å². The molecule has 5 fully saturated rings. The van der Waals surface area contributed by atoms with Crippen molar-refractivity contribution in [3.8, 4) is 6.07 Å². The molecule has 0 aromatic carbocycles. The number of amidine groups is 1. The van der Waals surface area contributed by atoms with E-state index in [1.165, 1.54) is 13.2 Å². The van der Waals surface area contributed by atoms with Crippen LogP contribution in [0.15, 0.2) is 23.3 Å². The molecule has 1 amide bonds. The summed E-state index contributed by atoms with van der Waals surface area (Å²) in [5.74, 6) is 1.95. The fourth-order valence-corrected chi connectivity index (χ4v) is 7.68. The van der Waals surface area contributed by atoms with Gasteiger partial charge in [0, 0.05) is 32.4 Å². The highest BCUT2D eigenvalue weighted by atomic mass is 19.4. The molecule has 4 saturated carbocycles. The number of nitrogens with zero attached hydrogens (tertiary/aromatic N) is 5. The Bertz CT molecular complexity index is 1130. The van der Waals surface area contributed by atoms with Crippen LogP contribution in [0.3, 0.4) is 0 Å². The number of hydroxylamine groups is 1. The number of hydrogen-bond acceptors (Lipinski definition) is 7. The summed E-state index contributed by atoms with van der Waals surface area (Å²) in [5.41, 5.74) is 7.35. The van der Waals surface area contributed by atoms with Gasteiger partial charge in [-0.05, 0) is 68.9 Å². The van der Waals surface area contributed by atoms with Crippen LogP contribution in [0.1, 0.15) is 51.0 Å². The average Bonchev–Trinajstić information content (AvgIpc) is 2.90. The van der Waals surface area contributed by atoms with Crippen molar-refractivity contribution in [1.29, 1.82) is 5.26 Å². The van der Waals surface area contributed by atoms with Crippen molar-refractivity contribution in [1.82, 2.24) is 15.4 Å². The van der Waals surface area contributed by atoms with Gasteiger partial charge in [0.1, 0.15) is 11.7 Å². The standard InChI is InChI=1S/C27H36F3N7O2/c1-25(5-6-31,37-9-7-36(8-10-37)21-4-3-20(16-33-21)27(28,29)30)23(32)34-22-18-11-17-12-19(22)15-26(13-17,14-18)24(38)35-39-2/h3-4,16-19,22H,5,7-15H2,1-2H3,(H2,32,34)(H,35,38). The minimum Gasteiger partial charge on any atom is -0.386 e. The summed E-state index contributed by atoms with van der Waals surface area (Å²) in [4.78, 5) is 31.0. The molecule has 1 saturated heterocycles. The SMILES string of the molecule is CONC(=O)C12CC3CC(C1)C(N=C(N)C(C)(CC#N)N1CCN(c4ccc(C(F)(F)F)cn4)CC1)C(C3)C2. The largest absolute Gasteiger partial charge is 0.417 e. The van der Waals surface area contributed by atoms with Crippen molar-refractivity contribution in [2.75, 3.05) is 38.2 Å². The van der Waals surface area contributed by atoms with Gasteiger partial charge in [-0.1, -0.05) is 0 Å². The van der Waals surface area contributed by atoms with E-state index in [0.29, 0.717) is 43.8 Å². The van der Waals surface area contributed by atoms with Gasteiger partial charge < -0.3 is 10.6 Å². The smallest absolute Gasteiger partial charge is 0.386 e. The summed E-state index contributed by atoms with van der Waals surface area (Å²) >= 11 is 0. The predicted molar refractivity (Wildman–Crippen MR) is 138 cm³/mol. The number of carbonyl (C=O) groups excluding carboxylic acids is 1. The van der Waals surface area contributed by atoms with Gasteiger partial charge in [0.15, 0.2) is 0 Å². The van der Waals surface area contributed by atoms with E-state index < -0.39 is 22.7 Å². The summed E-state index contributed by atoms with van der Waals surface area (Å²) in [6.07, 6.45) is 1.11. The van der Waals surface area contributed by atoms with Gasteiger partial charge in [0.05, 0.1) is 42.2 Å². The molecule has 6 rings (SSSR count). The number of halogens is 3. The van der Waals surface area contributed by atoms with E-state index in [1.807, 2.05) is 11.8 Å². The number of nitriles is 1. The molecule has 12 heteroatoms. The molecule has 0 spiro atoms. The normalized spacial score (nSPS) is 32.5. The predicted octanol–water partition coefficient (Wildman–Crippen LogP) is 3.12. The van der Waals surface area contributed by atoms with Crippen LogP contribution in [0.2, 0.25) is 0 Å². The highest BCUT2D eigenvalue weighted by Gasteiger charge is 2.59. The Kier molecular flexibility index (Phi) is 7.26. The molecule has 0 radical (unpaired) electrons. The van der Waals surface area contributed by atoms with Crippen LogP contribution in [0.4, 0.5) is 19.0 Å². The topological polar surface area (TPSA) is 120 Å². The molecular weight excluding hydrogens is 511 g/mol. The maximum Gasteiger partial charge on any atom is 0.417 e. The first-order valence-electron chi connectivity index (χ1n) is 13.6. The van der Waals surface area contributed by atoms with Gasteiger partial charge in [-0.3, -0.25) is 19.5 Å². The monoisotopic (exact) mass is 547 g/mol. The van der Waals surface area contributed by atoms with E-state index in [9.17, 15) is 23.2 Å². The number of hydrogen-bond donors (Lipinski definition) is 2. The van der Waals surface area contributed by atoms with Crippen LogP contribution in [0.25, 0.3) is 0 Å². The number of alkyl halides is 3. The van der Waals surface area contributed by atoms with Crippen molar-refractivity contribution in [2.45, 2.75) is 63.2 Å².